The van der Waals surface area contributed by atoms with Crippen molar-refractivity contribution in [3.8, 4) is 0 Å². The van der Waals surface area contributed by atoms with Crippen LogP contribution in [0.4, 0.5) is 0 Å². The number of aromatic nitrogens is 1. The van der Waals surface area contributed by atoms with Gasteiger partial charge in [-0.1, -0.05) is 6.04 Å². The van der Waals surface area contributed by atoms with Crippen LogP contribution < -0.4 is 5.46 Å². The lowest BCUT2D eigenvalue weighted by atomic mass is 9.79. The van der Waals surface area contributed by atoms with Gasteiger partial charge in [-0.05, 0) is 19.7 Å². The lowest BCUT2D eigenvalue weighted by Crippen LogP contribution is -2.32. The zero-order chi connectivity index (χ0) is 15.2. The average molecular weight is 159 g/mol. The fraction of sp³-hybridized carbons (Fsp3) is 0.286. The fourth-order valence-corrected chi connectivity index (χ4v) is 0.573. The third-order valence-electron chi connectivity index (χ3n) is 1.05. The van der Waals surface area contributed by atoms with Crippen LogP contribution in [-0.2, 0) is 0 Å². The van der Waals surface area contributed by atoms with Crippen LogP contribution in [0.15, 0.2) is 12.1 Å². The molecular weight excluding hydrogens is 141 g/mol. The van der Waals surface area contributed by atoms with Crippen molar-refractivity contribution in [2.45, 2.75) is 13.7 Å². The lowest BCUT2D eigenvalue weighted by molar-refractivity contribution is 0.425. The topological polar surface area (TPSA) is 53.4 Å². The molecule has 0 aliphatic rings. The maximum Gasteiger partial charge on any atom is 0.490 e. The summed E-state index contributed by atoms with van der Waals surface area (Å²) < 4.78 is 58.0. The summed E-state index contributed by atoms with van der Waals surface area (Å²) in [5.74, 6) is 0. The van der Waals surface area contributed by atoms with Crippen molar-refractivity contribution in [3.05, 3.63) is 23.5 Å². The van der Waals surface area contributed by atoms with Gasteiger partial charge < -0.3 is 10.0 Å². The largest absolute Gasteiger partial charge is 0.490 e. The minimum Gasteiger partial charge on any atom is -0.423 e. The van der Waals surface area contributed by atoms with E-state index < -0.39 is 49.8 Å². The van der Waals surface area contributed by atoms with Crippen molar-refractivity contribution in [1.29, 1.82) is 0 Å². The van der Waals surface area contributed by atoms with Crippen LogP contribution in [0.1, 0.15) is 22.4 Å². The van der Waals surface area contributed by atoms with Gasteiger partial charge in [0.2, 0.25) is 0 Å². The van der Waals surface area contributed by atoms with Crippen LogP contribution in [-0.4, -0.2) is 22.2 Å². The van der Waals surface area contributed by atoms with E-state index in [9.17, 15) is 0 Å². The molecule has 0 aliphatic heterocycles. The Balaban J connectivity index is 3.75. The first kappa shape index (κ1) is 2.57. The van der Waals surface area contributed by atoms with E-state index in [0.717, 1.165) is 0 Å². The molecule has 2 N–H and O–H groups in total. The Morgan fingerprint density at radius 3 is 2.91 bits per heavy atom. The Bertz CT molecular complexity index is 497. The highest BCUT2D eigenvalue weighted by Crippen LogP contribution is 1.93. The summed E-state index contributed by atoms with van der Waals surface area (Å²) in [4.78, 5) is 3.34. The van der Waals surface area contributed by atoms with E-state index in [1.165, 1.54) is 0 Å². The first-order valence-electron chi connectivity index (χ1n) is 6.75. The molecule has 0 aliphatic carbocycles. The second kappa shape index (κ2) is 3.03. The fourth-order valence-electron chi connectivity index (χ4n) is 0.573. The number of pyridine rings is 1. The molecule has 58 valence electrons. The SMILES string of the molecule is [2H]c1c(C([2H])([2H])[2H])nc(C([2H])([2H])[2H])c(B(O)O)c1[2H]. The third kappa shape index (κ3) is 1.79. The van der Waals surface area contributed by atoms with Crippen LogP contribution in [0, 0.1) is 13.7 Å². The summed E-state index contributed by atoms with van der Waals surface area (Å²) in [6.07, 6.45) is 0. The quantitative estimate of drug-likeness (QED) is 0.537. The van der Waals surface area contributed by atoms with E-state index in [2.05, 4.69) is 4.98 Å². The smallest absolute Gasteiger partial charge is 0.423 e. The molecule has 3 nitrogen and oxygen atoms in total. The molecular formula is C7H10BNO2. The van der Waals surface area contributed by atoms with Crippen molar-refractivity contribution in [2.75, 3.05) is 0 Å². The zero-order valence-electron chi connectivity index (χ0n) is 13.4. The molecule has 0 atom stereocenters. The molecule has 4 heteroatoms. The Kier molecular flexibility index (Phi) is 0.707. The molecule has 0 bridgehead atoms. The Morgan fingerprint density at radius 2 is 2.36 bits per heavy atom. The highest BCUT2D eigenvalue weighted by Gasteiger charge is 2.13. The standard InChI is InChI=1S/C7H10BNO2/c1-5-3-4-7(8(10)11)6(2)9-5/h3-4,10-11H,1-2H3/i1D3,2D3,3D,4D. The van der Waals surface area contributed by atoms with Gasteiger partial charge in [-0.15, -0.1) is 0 Å². The summed E-state index contributed by atoms with van der Waals surface area (Å²) in [5.41, 5.74) is -2.53. The van der Waals surface area contributed by atoms with E-state index in [4.69, 9.17) is 21.0 Å². The number of rotatable bonds is 1. The molecule has 0 radical (unpaired) electrons. The number of nitrogens with zero attached hydrogens (tertiary/aromatic N) is 1. The number of hydrogen-bond donors (Lipinski definition) is 2. The van der Waals surface area contributed by atoms with Gasteiger partial charge in [-0.2, -0.15) is 0 Å². The number of aryl methyl sites for hydroxylation is 2. The highest BCUT2D eigenvalue weighted by atomic mass is 16.4. The van der Waals surface area contributed by atoms with Gasteiger partial charge in [-0.25, -0.2) is 0 Å². The molecule has 1 aromatic heterocycles. The lowest BCUT2D eigenvalue weighted by Gasteiger charge is -2.03. The summed E-state index contributed by atoms with van der Waals surface area (Å²) in [6.45, 7) is -5.80. The first-order valence-corrected chi connectivity index (χ1v) is 2.75. The van der Waals surface area contributed by atoms with Crippen molar-refractivity contribution >= 4 is 12.6 Å². The van der Waals surface area contributed by atoms with Crippen LogP contribution in [0.25, 0.3) is 0 Å². The molecule has 0 unspecified atom stereocenters. The molecule has 0 fully saturated rings. The summed E-state index contributed by atoms with van der Waals surface area (Å²) >= 11 is 0. The van der Waals surface area contributed by atoms with Crippen molar-refractivity contribution < 1.29 is 21.0 Å². The molecule has 11 heavy (non-hydrogen) atoms. The maximum absolute atomic E-state index is 9.09. The van der Waals surface area contributed by atoms with Crippen molar-refractivity contribution in [3.63, 3.8) is 0 Å². The molecule has 1 aromatic rings. The van der Waals surface area contributed by atoms with Crippen LogP contribution in [0.3, 0.4) is 0 Å². The van der Waals surface area contributed by atoms with Gasteiger partial charge in [0.25, 0.3) is 0 Å². The summed E-state index contributed by atoms with van der Waals surface area (Å²) in [6, 6.07) is -1.72. The first-order chi connectivity index (χ1) is 8.37. The Morgan fingerprint density at radius 1 is 1.55 bits per heavy atom. The summed E-state index contributed by atoms with van der Waals surface area (Å²) in [7, 11) is -2.33. The van der Waals surface area contributed by atoms with Crippen LogP contribution in [0.2, 0.25) is 0 Å². The van der Waals surface area contributed by atoms with Gasteiger partial charge in [0.05, 0.1) is 2.74 Å². The Labute approximate surface area is 77.1 Å². The average Bonchev–Trinajstić information content (AvgIpc) is 2.17. The van der Waals surface area contributed by atoms with Gasteiger partial charge >= 0.3 is 7.12 Å². The van der Waals surface area contributed by atoms with E-state index in [1.807, 2.05) is 0 Å². The van der Waals surface area contributed by atoms with E-state index in [0.29, 0.717) is 0 Å². The van der Waals surface area contributed by atoms with E-state index in [1.54, 1.807) is 0 Å². The second-order valence-corrected chi connectivity index (χ2v) is 1.85. The van der Waals surface area contributed by atoms with Crippen LogP contribution >= 0.6 is 0 Å². The molecule has 0 spiro atoms. The Hall–Kier alpha value is -0.865. The second-order valence-electron chi connectivity index (χ2n) is 1.85. The number of hydrogen-bond acceptors (Lipinski definition) is 3. The van der Waals surface area contributed by atoms with Crippen molar-refractivity contribution in [1.82, 2.24) is 4.98 Å². The van der Waals surface area contributed by atoms with Crippen LogP contribution in [0.5, 0.6) is 0 Å². The zero-order valence-corrected chi connectivity index (χ0v) is 5.42. The normalized spacial score (nSPS) is 22.7. The molecule has 0 saturated carbocycles. The van der Waals surface area contributed by atoms with Gasteiger partial charge in [0.15, 0.2) is 0 Å². The molecule has 0 saturated heterocycles. The third-order valence-corrected chi connectivity index (χ3v) is 1.05. The minimum atomic E-state index is -2.93. The molecule has 0 aromatic carbocycles. The van der Waals surface area contributed by atoms with Crippen molar-refractivity contribution in [2.24, 2.45) is 0 Å². The predicted molar refractivity (Wildman–Crippen MR) is 43.5 cm³/mol. The monoisotopic (exact) mass is 159 g/mol. The van der Waals surface area contributed by atoms with Gasteiger partial charge in [0.1, 0.15) is 0 Å². The maximum atomic E-state index is 9.09. The molecule has 1 rings (SSSR count). The highest BCUT2D eigenvalue weighted by molar-refractivity contribution is 6.59. The van der Waals surface area contributed by atoms with Gasteiger partial charge in [0, 0.05) is 25.1 Å². The van der Waals surface area contributed by atoms with Gasteiger partial charge in [-0.3, -0.25) is 4.98 Å². The van der Waals surface area contributed by atoms with E-state index >= 15 is 0 Å². The molecule has 0 amide bonds. The predicted octanol–water partition coefficient (Wildman–Crippen LogP) is -0.622. The molecule has 1 heterocycles. The van der Waals surface area contributed by atoms with E-state index in [-0.39, 0.29) is 0 Å². The minimum absolute atomic E-state index is 0.780. The summed E-state index contributed by atoms with van der Waals surface area (Å²) in [5, 5.41) is 18.2.